The zero-order valence-electron chi connectivity index (χ0n) is 15.3. The molecule has 3 saturated carbocycles. The van der Waals surface area contributed by atoms with Gasteiger partial charge >= 0.3 is 0 Å². The number of aliphatic imine (C=N–C) groups is 1. The number of rotatable bonds is 6. The van der Waals surface area contributed by atoms with Crippen LogP contribution in [0.5, 0.6) is 0 Å². The Morgan fingerprint density at radius 3 is 2.62 bits per heavy atom. The Balaban J connectivity index is 1.33. The molecule has 5 nitrogen and oxygen atoms in total. The molecule has 3 aliphatic carbocycles. The molecule has 1 aliphatic heterocycles. The van der Waals surface area contributed by atoms with Crippen LogP contribution in [0.15, 0.2) is 4.99 Å². The molecule has 0 radical (unpaired) electrons. The Labute approximate surface area is 146 Å². The molecule has 5 heteroatoms. The second kappa shape index (κ2) is 6.49. The Morgan fingerprint density at radius 1 is 1.25 bits per heavy atom. The second-order valence-electron chi connectivity index (χ2n) is 8.47. The fourth-order valence-corrected chi connectivity index (χ4v) is 5.58. The van der Waals surface area contributed by atoms with E-state index in [9.17, 15) is 0 Å². The molecule has 1 spiro atoms. The van der Waals surface area contributed by atoms with Crippen molar-refractivity contribution < 1.29 is 9.47 Å². The van der Waals surface area contributed by atoms with Gasteiger partial charge in [0.2, 0.25) is 0 Å². The van der Waals surface area contributed by atoms with Crippen LogP contribution in [0.3, 0.4) is 0 Å². The average Bonchev–Trinajstić information content (AvgIpc) is 2.92. The van der Waals surface area contributed by atoms with E-state index in [0.29, 0.717) is 28.9 Å². The molecule has 4 rings (SSSR count). The second-order valence-corrected chi connectivity index (χ2v) is 8.47. The third-order valence-corrected chi connectivity index (χ3v) is 7.43. The van der Waals surface area contributed by atoms with E-state index in [1.165, 1.54) is 44.9 Å². The van der Waals surface area contributed by atoms with Crippen molar-refractivity contribution in [2.24, 2.45) is 21.7 Å². The first-order valence-corrected chi connectivity index (χ1v) is 9.81. The molecule has 3 atom stereocenters. The van der Waals surface area contributed by atoms with Gasteiger partial charge in [-0.1, -0.05) is 12.8 Å². The van der Waals surface area contributed by atoms with E-state index in [2.05, 4.69) is 15.6 Å². The molecule has 3 unspecified atom stereocenters. The van der Waals surface area contributed by atoms with Crippen LogP contribution >= 0.6 is 0 Å². The van der Waals surface area contributed by atoms with E-state index in [-0.39, 0.29) is 0 Å². The van der Waals surface area contributed by atoms with Gasteiger partial charge < -0.3 is 20.1 Å². The van der Waals surface area contributed by atoms with Crippen LogP contribution < -0.4 is 10.6 Å². The summed E-state index contributed by atoms with van der Waals surface area (Å²) in [7, 11) is 3.70. The van der Waals surface area contributed by atoms with Gasteiger partial charge in [-0.2, -0.15) is 0 Å². The first kappa shape index (κ1) is 16.6. The highest BCUT2D eigenvalue weighted by atomic mass is 16.5. The number of ether oxygens (including phenoxy) is 2. The van der Waals surface area contributed by atoms with Crippen LogP contribution in [0, 0.1) is 16.7 Å². The van der Waals surface area contributed by atoms with Crippen LogP contribution in [0.25, 0.3) is 0 Å². The monoisotopic (exact) mass is 335 g/mol. The minimum atomic E-state index is 0.406. The van der Waals surface area contributed by atoms with E-state index in [1.807, 2.05) is 7.05 Å². The third-order valence-electron chi connectivity index (χ3n) is 7.43. The summed E-state index contributed by atoms with van der Waals surface area (Å²) in [5.74, 6) is 1.68. The SMILES string of the molecule is CN=C(NCC1(CCOC)CCC1)NC1C2CCOC2C12CCC2. The van der Waals surface area contributed by atoms with Crippen LogP contribution in [0.4, 0.5) is 0 Å². The summed E-state index contributed by atoms with van der Waals surface area (Å²) in [5, 5.41) is 7.40. The van der Waals surface area contributed by atoms with Crippen LogP contribution in [0.2, 0.25) is 0 Å². The van der Waals surface area contributed by atoms with Crippen LogP contribution in [-0.2, 0) is 9.47 Å². The van der Waals surface area contributed by atoms with Gasteiger partial charge in [-0.05, 0) is 43.9 Å². The molecular formula is C19H33N3O2. The number of fused-ring (bicyclic) bond motifs is 2. The molecule has 0 aromatic carbocycles. The maximum atomic E-state index is 6.03. The van der Waals surface area contributed by atoms with E-state index < -0.39 is 0 Å². The van der Waals surface area contributed by atoms with Crippen molar-refractivity contribution >= 4 is 5.96 Å². The summed E-state index contributed by atoms with van der Waals surface area (Å²) in [4.78, 5) is 4.51. The molecule has 4 fully saturated rings. The zero-order chi connectivity index (χ0) is 16.6. The highest BCUT2D eigenvalue weighted by Crippen LogP contribution is 2.62. The summed E-state index contributed by atoms with van der Waals surface area (Å²) in [5.41, 5.74) is 0.823. The van der Waals surface area contributed by atoms with Gasteiger partial charge in [0.15, 0.2) is 5.96 Å². The molecule has 4 aliphatic rings. The topological polar surface area (TPSA) is 54.9 Å². The summed E-state index contributed by atoms with van der Waals surface area (Å²) >= 11 is 0. The molecule has 136 valence electrons. The van der Waals surface area contributed by atoms with Gasteiger partial charge in [-0.3, -0.25) is 4.99 Å². The predicted octanol–water partition coefficient (Wildman–Crippen LogP) is 2.32. The van der Waals surface area contributed by atoms with Crippen LogP contribution in [-0.4, -0.2) is 52.0 Å². The highest BCUT2D eigenvalue weighted by molar-refractivity contribution is 5.80. The lowest BCUT2D eigenvalue weighted by Gasteiger charge is -2.63. The van der Waals surface area contributed by atoms with Gasteiger partial charge in [0.25, 0.3) is 0 Å². The lowest BCUT2D eigenvalue weighted by Crippen LogP contribution is -2.72. The number of methoxy groups -OCH3 is 1. The minimum absolute atomic E-state index is 0.406. The van der Waals surface area contributed by atoms with Crippen LogP contribution in [0.1, 0.15) is 51.4 Å². The Hall–Kier alpha value is -0.810. The highest BCUT2D eigenvalue weighted by Gasteiger charge is 2.66. The number of hydrogen-bond donors (Lipinski definition) is 2. The minimum Gasteiger partial charge on any atom is -0.385 e. The van der Waals surface area contributed by atoms with E-state index in [0.717, 1.165) is 32.1 Å². The predicted molar refractivity (Wildman–Crippen MR) is 95.2 cm³/mol. The van der Waals surface area contributed by atoms with E-state index in [1.54, 1.807) is 7.11 Å². The quantitative estimate of drug-likeness (QED) is 0.578. The lowest BCUT2D eigenvalue weighted by molar-refractivity contribution is -0.171. The smallest absolute Gasteiger partial charge is 0.191 e. The first-order chi connectivity index (χ1) is 11.7. The molecule has 1 heterocycles. The van der Waals surface area contributed by atoms with E-state index >= 15 is 0 Å². The van der Waals surface area contributed by atoms with Crippen molar-refractivity contribution in [1.82, 2.24) is 10.6 Å². The number of guanidine groups is 1. The number of nitrogens with zero attached hydrogens (tertiary/aromatic N) is 1. The maximum absolute atomic E-state index is 6.03. The summed E-state index contributed by atoms with van der Waals surface area (Å²) in [6.07, 6.45) is 10.8. The van der Waals surface area contributed by atoms with Gasteiger partial charge in [0, 0.05) is 51.3 Å². The van der Waals surface area contributed by atoms with Crippen molar-refractivity contribution in [3.05, 3.63) is 0 Å². The van der Waals surface area contributed by atoms with Crippen molar-refractivity contribution in [3.8, 4) is 0 Å². The molecule has 0 bridgehead atoms. The summed E-state index contributed by atoms with van der Waals surface area (Å²) < 4.78 is 11.3. The Bertz CT molecular complexity index is 485. The van der Waals surface area contributed by atoms with Crippen molar-refractivity contribution in [1.29, 1.82) is 0 Å². The van der Waals surface area contributed by atoms with Gasteiger partial charge in [0.05, 0.1) is 6.10 Å². The molecule has 0 aromatic rings. The van der Waals surface area contributed by atoms with Gasteiger partial charge in [-0.15, -0.1) is 0 Å². The lowest BCUT2D eigenvalue weighted by atomic mass is 9.46. The Morgan fingerprint density at radius 2 is 2.04 bits per heavy atom. The number of nitrogens with one attached hydrogen (secondary N) is 2. The number of hydrogen-bond acceptors (Lipinski definition) is 3. The van der Waals surface area contributed by atoms with E-state index in [4.69, 9.17) is 9.47 Å². The fraction of sp³-hybridized carbons (Fsp3) is 0.947. The summed E-state index contributed by atoms with van der Waals surface area (Å²) in [6, 6.07) is 0.557. The molecule has 0 amide bonds. The average molecular weight is 335 g/mol. The Kier molecular flexibility index (Phi) is 4.50. The first-order valence-electron chi connectivity index (χ1n) is 9.81. The molecule has 2 N–H and O–H groups in total. The van der Waals surface area contributed by atoms with Crippen molar-refractivity contribution in [2.45, 2.75) is 63.5 Å². The molecular weight excluding hydrogens is 302 g/mol. The van der Waals surface area contributed by atoms with Crippen molar-refractivity contribution in [3.63, 3.8) is 0 Å². The maximum Gasteiger partial charge on any atom is 0.191 e. The van der Waals surface area contributed by atoms with Crippen molar-refractivity contribution in [2.75, 3.05) is 33.9 Å². The molecule has 24 heavy (non-hydrogen) atoms. The zero-order valence-corrected chi connectivity index (χ0v) is 15.3. The normalized spacial score (nSPS) is 35.6. The van der Waals surface area contributed by atoms with Gasteiger partial charge in [0.1, 0.15) is 0 Å². The molecule has 1 saturated heterocycles. The molecule has 0 aromatic heterocycles. The largest absolute Gasteiger partial charge is 0.385 e. The van der Waals surface area contributed by atoms with Gasteiger partial charge in [-0.25, -0.2) is 0 Å². The summed E-state index contributed by atoms with van der Waals surface area (Å²) in [6.45, 7) is 2.82. The third kappa shape index (κ3) is 2.55. The fourth-order valence-electron chi connectivity index (χ4n) is 5.58. The standard InChI is InChI=1S/C19H33N3O2/c1-20-17(21-13-18(6-3-7-18)10-12-23-2)22-15-14-5-11-24-16(14)19(15)8-4-9-19/h14-16H,3-13H2,1-2H3,(H2,20,21,22).